The van der Waals surface area contributed by atoms with E-state index in [0.717, 1.165) is 10.6 Å². The number of ether oxygens (including phenoxy) is 2. The van der Waals surface area contributed by atoms with Gasteiger partial charge in [-0.15, -0.1) is 10.2 Å². The third kappa shape index (κ3) is 4.32. The number of benzene rings is 1. The van der Waals surface area contributed by atoms with Crippen LogP contribution in [0.3, 0.4) is 0 Å². The van der Waals surface area contributed by atoms with E-state index in [1.54, 1.807) is 14.2 Å². The molecule has 0 saturated carbocycles. The van der Waals surface area contributed by atoms with Gasteiger partial charge in [0.25, 0.3) is 0 Å². The Morgan fingerprint density at radius 2 is 2.00 bits per heavy atom. The molecule has 22 heavy (non-hydrogen) atoms. The smallest absolute Gasteiger partial charge is 0.321 e. The molecule has 0 unspecified atom stereocenters. The molecule has 7 nitrogen and oxygen atoms in total. The zero-order valence-electron chi connectivity index (χ0n) is 12.7. The lowest BCUT2D eigenvalue weighted by Gasteiger charge is -2.10. The number of aromatic nitrogens is 2. The highest BCUT2D eigenvalue weighted by Gasteiger charge is 2.07. The second-order valence-corrected chi connectivity index (χ2v) is 5.63. The van der Waals surface area contributed by atoms with Gasteiger partial charge < -0.3 is 14.8 Å². The lowest BCUT2D eigenvalue weighted by molar-refractivity contribution is 0.252. The van der Waals surface area contributed by atoms with Crippen LogP contribution in [-0.2, 0) is 6.42 Å². The fraction of sp³-hybridized carbons (Fsp3) is 0.357. The molecule has 2 aromatic rings. The van der Waals surface area contributed by atoms with E-state index in [9.17, 15) is 4.79 Å². The van der Waals surface area contributed by atoms with Crippen molar-refractivity contribution in [2.45, 2.75) is 13.3 Å². The van der Waals surface area contributed by atoms with Crippen LogP contribution in [-0.4, -0.2) is 37.0 Å². The van der Waals surface area contributed by atoms with Crippen molar-refractivity contribution in [1.29, 1.82) is 0 Å². The normalized spacial score (nSPS) is 10.1. The predicted molar refractivity (Wildman–Crippen MR) is 84.9 cm³/mol. The van der Waals surface area contributed by atoms with Crippen LogP contribution in [0.2, 0.25) is 0 Å². The Kier molecular flexibility index (Phi) is 5.54. The zero-order chi connectivity index (χ0) is 15.9. The minimum Gasteiger partial charge on any atom is -0.493 e. The number of carbonyl (C=O) groups excluding carboxylic acids is 1. The van der Waals surface area contributed by atoms with Crippen LogP contribution in [0, 0.1) is 6.92 Å². The Balaban J connectivity index is 1.82. The Morgan fingerprint density at radius 1 is 1.23 bits per heavy atom. The molecule has 0 saturated heterocycles. The van der Waals surface area contributed by atoms with E-state index >= 15 is 0 Å². The molecule has 1 heterocycles. The van der Waals surface area contributed by atoms with Crippen LogP contribution in [0.4, 0.5) is 9.93 Å². The molecule has 0 radical (unpaired) electrons. The Bertz CT molecular complexity index is 645. The van der Waals surface area contributed by atoms with Gasteiger partial charge in [0.2, 0.25) is 5.13 Å². The number of carbonyl (C=O) groups is 1. The van der Waals surface area contributed by atoms with Gasteiger partial charge in [-0.3, -0.25) is 5.32 Å². The molecule has 0 fully saturated rings. The third-order valence-electron chi connectivity index (χ3n) is 2.89. The summed E-state index contributed by atoms with van der Waals surface area (Å²) in [6, 6.07) is 5.39. The van der Waals surface area contributed by atoms with Crippen molar-refractivity contribution in [3.05, 3.63) is 28.8 Å². The lowest BCUT2D eigenvalue weighted by atomic mass is 10.1. The Labute approximate surface area is 132 Å². The minimum absolute atomic E-state index is 0.295. The van der Waals surface area contributed by atoms with Crippen molar-refractivity contribution < 1.29 is 14.3 Å². The molecule has 2 amide bonds. The van der Waals surface area contributed by atoms with E-state index in [1.165, 1.54) is 11.3 Å². The highest BCUT2D eigenvalue weighted by molar-refractivity contribution is 7.15. The van der Waals surface area contributed by atoms with Crippen LogP contribution < -0.4 is 20.1 Å². The van der Waals surface area contributed by atoms with Crippen LogP contribution in [0.15, 0.2) is 18.2 Å². The average molecular weight is 322 g/mol. The van der Waals surface area contributed by atoms with Crippen molar-refractivity contribution >= 4 is 22.5 Å². The number of rotatable bonds is 6. The number of hydrogen-bond acceptors (Lipinski definition) is 6. The molecule has 0 aliphatic rings. The summed E-state index contributed by atoms with van der Waals surface area (Å²) < 4.78 is 10.4. The van der Waals surface area contributed by atoms with Crippen LogP contribution in [0.5, 0.6) is 11.5 Å². The molecule has 0 bridgehead atoms. The third-order valence-corrected chi connectivity index (χ3v) is 3.65. The topological polar surface area (TPSA) is 85.4 Å². The van der Waals surface area contributed by atoms with E-state index in [1.807, 2.05) is 25.1 Å². The summed E-state index contributed by atoms with van der Waals surface area (Å²) in [6.45, 7) is 2.33. The van der Waals surface area contributed by atoms with Gasteiger partial charge in [-0.05, 0) is 31.0 Å². The minimum atomic E-state index is -0.295. The zero-order valence-corrected chi connectivity index (χ0v) is 13.5. The maximum Gasteiger partial charge on any atom is 0.321 e. The molecule has 2 N–H and O–H groups in total. The number of aryl methyl sites for hydroxylation is 1. The van der Waals surface area contributed by atoms with Gasteiger partial charge in [0.05, 0.1) is 14.2 Å². The first kappa shape index (κ1) is 16.0. The van der Waals surface area contributed by atoms with Crippen molar-refractivity contribution in [3.63, 3.8) is 0 Å². The van der Waals surface area contributed by atoms with Crippen molar-refractivity contribution in [3.8, 4) is 11.5 Å². The maximum atomic E-state index is 11.7. The monoisotopic (exact) mass is 322 g/mol. The van der Waals surface area contributed by atoms with Gasteiger partial charge >= 0.3 is 6.03 Å². The number of nitrogens with zero attached hydrogens (tertiary/aromatic N) is 2. The molecular weight excluding hydrogens is 304 g/mol. The maximum absolute atomic E-state index is 11.7. The molecular formula is C14H18N4O3S. The summed E-state index contributed by atoms with van der Waals surface area (Å²) in [5.41, 5.74) is 1.05. The molecule has 1 aromatic carbocycles. The highest BCUT2D eigenvalue weighted by atomic mass is 32.1. The van der Waals surface area contributed by atoms with Gasteiger partial charge in [0.15, 0.2) is 11.5 Å². The number of nitrogens with one attached hydrogen (secondary N) is 2. The van der Waals surface area contributed by atoms with Crippen molar-refractivity contribution in [2.75, 3.05) is 26.1 Å². The molecule has 118 valence electrons. The summed E-state index contributed by atoms with van der Waals surface area (Å²) in [5, 5.41) is 14.4. The predicted octanol–water partition coefficient (Wildman–Crippen LogP) is 2.23. The van der Waals surface area contributed by atoms with E-state index in [-0.39, 0.29) is 6.03 Å². The molecule has 8 heteroatoms. The molecule has 0 aliphatic heterocycles. The van der Waals surface area contributed by atoms with Crippen molar-refractivity contribution in [1.82, 2.24) is 15.5 Å². The molecule has 0 spiro atoms. The van der Waals surface area contributed by atoms with Gasteiger partial charge in [-0.25, -0.2) is 4.79 Å². The molecule has 2 rings (SSSR count). The van der Waals surface area contributed by atoms with Crippen LogP contribution in [0.25, 0.3) is 0 Å². The van der Waals surface area contributed by atoms with E-state index in [0.29, 0.717) is 29.6 Å². The largest absolute Gasteiger partial charge is 0.493 e. The first-order chi connectivity index (χ1) is 10.6. The number of amides is 2. The number of methoxy groups -OCH3 is 2. The number of hydrogen-bond donors (Lipinski definition) is 2. The fourth-order valence-corrected chi connectivity index (χ4v) is 2.43. The molecule has 0 atom stereocenters. The first-order valence-corrected chi connectivity index (χ1v) is 7.50. The standard InChI is InChI=1S/C14H18N4O3S/c1-9-17-18-14(22-9)16-13(19)15-7-6-10-4-5-11(20-2)12(8-10)21-3/h4-5,8H,6-7H2,1-3H3,(H2,15,16,18,19). The Morgan fingerprint density at radius 3 is 2.64 bits per heavy atom. The summed E-state index contributed by atoms with van der Waals surface area (Å²) >= 11 is 1.33. The van der Waals surface area contributed by atoms with E-state index < -0.39 is 0 Å². The summed E-state index contributed by atoms with van der Waals surface area (Å²) in [6.07, 6.45) is 0.683. The summed E-state index contributed by atoms with van der Waals surface area (Å²) in [4.78, 5) is 11.7. The summed E-state index contributed by atoms with van der Waals surface area (Å²) in [7, 11) is 3.19. The highest BCUT2D eigenvalue weighted by Crippen LogP contribution is 2.27. The van der Waals surface area contributed by atoms with Gasteiger partial charge in [0, 0.05) is 6.54 Å². The quantitative estimate of drug-likeness (QED) is 0.852. The second-order valence-electron chi connectivity index (χ2n) is 4.45. The lowest BCUT2D eigenvalue weighted by Crippen LogP contribution is -2.30. The molecule has 1 aromatic heterocycles. The molecule has 0 aliphatic carbocycles. The number of anilines is 1. The summed E-state index contributed by atoms with van der Waals surface area (Å²) in [5.74, 6) is 1.36. The first-order valence-electron chi connectivity index (χ1n) is 6.68. The fourth-order valence-electron chi connectivity index (χ4n) is 1.84. The van der Waals surface area contributed by atoms with E-state index in [4.69, 9.17) is 9.47 Å². The average Bonchev–Trinajstić information content (AvgIpc) is 2.92. The number of urea groups is 1. The SMILES string of the molecule is COc1ccc(CCNC(=O)Nc2nnc(C)s2)cc1OC. The van der Waals surface area contributed by atoms with Crippen LogP contribution >= 0.6 is 11.3 Å². The van der Waals surface area contributed by atoms with E-state index in [2.05, 4.69) is 20.8 Å². The van der Waals surface area contributed by atoms with Gasteiger partial charge in [-0.1, -0.05) is 17.4 Å². The Hall–Kier alpha value is -2.35. The van der Waals surface area contributed by atoms with Crippen molar-refractivity contribution in [2.24, 2.45) is 0 Å². The van der Waals surface area contributed by atoms with Gasteiger partial charge in [0.1, 0.15) is 5.01 Å². The van der Waals surface area contributed by atoms with Gasteiger partial charge in [-0.2, -0.15) is 0 Å². The van der Waals surface area contributed by atoms with Crippen LogP contribution in [0.1, 0.15) is 10.6 Å². The second kappa shape index (κ2) is 7.60.